The lowest BCUT2D eigenvalue weighted by Crippen LogP contribution is -2.61. The van der Waals surface area contributed by atoms with Crippen molar-refractivity contribution in [3.63, 3.8) is 0 Å². The minimum atomic E-state index is 0.179. The zero-order valence-electron chi connectivity index (χ0n) is 13.1. The predicted octanol–water partition coefficient (Wildman–Crippen LogP) is 2.68. The van der Waals surface area contributed by atoms with Gasteiger partial charge >= 0.3 is 0 Å². The Bertz CT molecular complexity index is 417. The van der Waals surface area contributed by atoms with Crippen LogP contribution in [0.15, 0.2) is 6.20 Å². The molecule has 1 aliphatic heterocycles. The van der Waals surface area contributed by atoms with Crippen LogP contribution in [0.3, 0.4) is 0 Å². The Labute approximate surface area is 116 Å². The van der Waals surface area contributed by atoms with Crippen LogP contribution < -0.4 is 10.6 Å². The van der Waals surface area contributed by atoms with E-state index in [9.17, 15) is 0 Å². The van der Waals surface area contributed by atoms with Crippen molar-refractivity contribution in [3.05, 3.63) is 17.7 Å². The second-order valence-corrected chi connectivity index (χ2v) is 7.34. The average Bonchev–Trinajstić information content (AvgIpc) is 2.59. The number of piperidine rings is 1. The molecule has 0 bridgehead atoms. The average molecular weight is 264 g/mol. The molecule has 4 heteroatoms. The first-order valence-corrected chi connectivity index (χ1v) is 7.24. The van der Waals surface area contributed by atoms with Crippen LogP contribution in [0.25, 0.3) is 0 Å². The standard InChI is InChI=1S/C15H28N4/c1-10-9-16-13(17-10)11(2)18-12-7-14(3,4)19-15(5,6)8-12/h9,11-12,18-19H,7-8H2,1-6H3,(H,16,17)/t11-/m0/s1. The monoisotopic (exact) mass is 264 g/mol. The van der Waals surface area contributed by atoms with Crippen LogP contribution in [0.2, 0.25) is 0 Å². The molecule has 0 spiro atoms. The summed E-state index contributed by atoms with van der Waals surface area (Å²) in [5, 5.41) is 7.44. The molecule has 0 aromatic carbocycles. The largest absolute Gasteiger partial charge is 0.345 e. The lowest BCUT2D eigenvalue weighted by atomic mass is 9.79. The molecule has 1 atom stereocenters. The summed E-state index contributed by atoms with van der Waals surface area (Å²) < 4.78 is 0. The summed E-state index contributed by atoms with van der Waals surface area (Å²) in [5.41, 5.74) is 1.48. The van der Waals surface area contributed by atoms with Gasteiger partial charge in [-0.3, -0.25) is 0 Å². The fraction of sp³-hybridized carbons (Fsp3) is 0.800. The number of aromatic amines is 1. The van der Waals surface area contributed by atoms with Gasteiger partial charge in [0.15, 0.2) is 0 Å². The quantitative estimate of drug-likeness (QED) is 0.787. The van der Waals surface area contributed by atoms with E-state index in [0.29, 0.717) is 6.04 Å². The van der Waals surface area contributed by atoms with Gasteiger partial charge in [-0.05, 0) is 54.4 Å². The Morgan fingerprint density at radius 1 is 1.26 bits per heavy atom. The van der Waals surface area contributed by atoms with Crippen molar-refractivity contribution >= 4 is 0 Å². The third-order valence-electron chi connectivity index (χ3n) is 3.81. The van der Waals surface area contributed by atoms with Crippen molar-refractivity contribution in [2.75, 3.05) is 0 Å². The highest BCUT2D eigenvalue weighted by molar-refractivity contribution is 5.05. The molecule has 108 valence electrons. The van der Waals surface area contributed by atoms with Gasteiger partial charge in [0.25, 0.3) is 0 Å². The Morgan fingerprint density at radius 3 is 2.32 bits per heavy atom. The number of hydrogen-bond acceptors (Lipinski definition) is 3. The number of nitrogens with zero attached hydrogens (tertiary/aromatic N) is 1. The zero-order valence-corrected chi connectivity index (χ0v) is 13.1. The van der Waals surface area contributed by atoms with Crippen LogP contribution in [-0.4, -0.2) is 27.1 Å². The van der Waals surface area contributed by atoms with Crippen LogP contribution in [0.4, 0.5) is 0 Å². The van der Waals surface area contributed by atoms with Gasteiger partial charge in [-0.1, -0.05) is 0 Å². The second-order valence-electron chi connectivity index (χ2n) is 7.34. The highest BCUT2D eigenvalue weighted by atomic mass is 15.1. The van der Waals surface area contributed by atoms with Crippen molar-refractivity contribution in [2.45, 2.75) is 77.5 Å². The highest BCUT2D eigenvalue weighted by Crippen LogP contribution is 2.29. The van der Waals surface area contributed by atoms with Gasteiger partial charge in [-0.25, -0.2) is 4.98 Å². The maximum atomic E-state index is 4.42. The Morgan fingerprint density at radius 2 is 1.84 bits per heavy atom. The molecule has 4 nitrogen and oxygen atoms in total. The SMILES string of the molecule is Cc1cnc([C@H](C)NC2CC(C)(C)NC(C)(C)C2)[nH]1. The van der Waals surface area contributed by atoms with Crippen molar-refractivity contribution < 1.29 is 0 Å². The van der Waals surface area contributed by atoms with E-state index in [1.165, 1.54) is 0 Å². The molecule has 0 amide bonds. The Balaban J connectivity index is 2.02. The van der Waals surface area contributed by atoms with E-state index < -0.39 is 0 Å². The molecular weight excluding hydrogens is 236 g/mol. The molecular formula is C15H28N4. The van der Waals surface area contributed by atoms with Gasteiger partial charge in [0, 0.05) is 29.0 Å². The van der Waals surface area contributed by atoms with E-state index in [0.717, 1.165) is 24.4 Å². The second kappa shape index (κ2) is 4.91. The molecule has 2 heterocycles. The number of rotatable bonds is 3. The fourth-order valence-electron chi connectivity index (χ4n) is 3.53. The number of H-pyrrole nitrogens is 1. The number of aryl methyl sites for hydroxylation is 1. The third kappa shape index (κ3) is 3.80. The maximum absolute atomic E-state index is 4.42. The molecule has 0 aliphatic carbocycles. The summed E-state index contributed by atoms with van der Waals surface area (Å²) in [7, 11) is 0. The van der Waals surface area contributed by atoms with Crippen molar-refractivity contribution in [2.24, 2.45) is 0 Å². The van der Waals surface area contributed by atoms with E-state index in [1.54, 1.807) is 0 Å². The van der Waals surface area contributed by atoms with Gasteiger partial charge in [0.1, 0.15) is 5.82 Å². The van der Waals surface area contributed by atoms with Gasteiger partial charge in [-0.2, -0.15) is 0 Å². The number of nitrogens with one attached hydrogen (secondary N) is 3. The third-order valence-corrected chi connectivity index (χ3v) is 3.81. The molecule has 0 saturated carbocycles. The number of aromatic nitrogens is 2. The van der Waals surface area contributed by atoms with Gasteiger partial charge in [0.2, 0.25) is 0 Å². The fourth-order valence-corrected chi connectivity index (χ4v) is 3.53. The lowest BCUT2D eigenvalue weighted by Gasteiger charge is -2.47. The Kier molecular flexibility index (Phi) is 3.76. The topological polar surface area (TPSA) is 52.7 Å². The van der Waals surface area contributed by atoms with Crippen LogP contribution in [-0.2, 0) is 0 Å². The zero-order chi connectivity index (χ0) is 14.3. The smallest absolute Gasteiger partial charge is 0.123 e. The summed E-state index contributed by atoms with van der Waals surface area (Å²) >= 11 is 0. The summed E-state index contributed by atoms with van der Waals surface area (Å²) in [6.07, 6.45) is 4.17. The minimum Gasteiger partial charge on any atom is -0.345 e. The molecule has 3 N–H and O–H groups in total. The van der Waals surface area contributed by atoms with Gasteiger partial charge in [0.05, 0.1) is 6.04 Å². The van der Waals surface area contributed by atoms with E-state index in [1.807, 2.05) is 13.1 Å². The maximum Gasteiger partial charge on any atom is 0.123 e. The summed E-state index contributed by atoms with van der Waals surface area (Å²) in [6, 6.07) is 0.787. The van der Waals surface area contributed by atoms with Crippen molar-refractivity contribution in [1.82, 2.24) is 20.6 Å². The molecule has 1 aromatic heterocycles. The highest BCUT2D eigenvalue weighted by Gasteiger charge is 2.38. The summed E-state index contributed by atoms with van der Waals surface area (Å²) in [4.78, 5) is 7.74. The summed E-state index contributed by atoms with van der Waals surface area (Å²) in [6.45, 7) is 13.4. The predicted molar refractivity (Wildman–Crippen MR) is 79.2 cm³/mol. The first kappa shape index (κ1) is 14.5. The minimum absolute atomic E-state index is 0.179. The van der Waals surface area contributed by atoms with E-state index in [2.05, 4.69) is 55.2 Å². The number of hydrogen-bond donors (Lipinski definition) is 3. The first-order valence-electron chi connectivity index (χ1n) is 7.24. The molecule has 0 unspecified atom stereocenters. The normalized spacial score (nSPS) is 24.3. The van der Waals surface area contributed by atoms with E-state index in [-0.39, 0.29) is 17.1 Å². The summed E-state index contributed by atoms with van der Waals surface area (Å²) in [5.74, 6) is 1.03. The molecule has 19 heavy (non-hydrogen) atoms. The molecule has 0 radical (unpaired) electrons. The molecule has 1 aliphatic rings. The first-order chi connectivity index (χ1) is 8.67. The van der Waals surface area contributed by atoms with Gasteiger partial charge in [-0.15, -0.1) is 0 Å². The van der Waals surface area contributed by atoms with Crippen LogP contribution in [0.5, 0.6) is 0 Å². The van der Waals surface area contributed by atoms with Crippen LogP contribution in [0, 0.1) is 6.92 Å². The van der Waals surface area contributed by atoms with Crippen molar-refractivity contribution in [1.29, 1.82) is 0 Å². The van der Waals surface area contributed by atoms with Crippen molar-refractivity contribution in [3.8, 4) is 0 Å². The lowest BCUT2D eigenvalue weighted by molar-refractivity contribution is 0.140. The molecule has 1 aromatic rings. The molecule has 2 rings (SSSR count). The Hall–Kier alpha value is -0.870. The van der Waals surface area contributed by atoms with E-state index >= 15 is 0 Å². The molecule has 1 saturated heterocycles. The molecule has 1 fully saturated rings. The van der Waals surface area contributed by atoms with Gasteiger partial charge < -0.3 is 15.6 Å². The number of imidazole rings is 1. The van der Waals surface area contributed by atoms with Crippen LogP contribution in [0.1, 0.15) is 65.0 Å². The van der Waals surface area contributed by atoms with Crippen LogP contribution >= 0.6 is 0 Å². The van der Waals surface area contributed by atoms with E-state index in [4.69, 9.17) is 0 Å².